The monoisotopic (exact) mass is 250 g/mol. The first-order chi connectivity index (χ1) is 6.40. The van der Waals surface area contributed by atoms with Gasteiger partial charge in [0.1, 0.15) is 6.61 Å². The molecule has 0 bridgehead atoms. The molecule has 0 aliphatic heterocycles. The molecule has 1 nitrogen and oxygen atoms in total. The second kappa shape index (κ2) is 4.06. The smallest absolute Gasteiger partial charge is 0.307 e. The van der Waals surface area contributed by atoms with Gasteiger partial charge in [0.25, 0.3) is 0 Å². The van der Waals surface area contributed by atoms with Crippen LogP contribution in [0.2, 0.25) is 0 Å². The Kier molecular flexibility index (Phi) is 3.88. The van der Waals surface area contributed by atoms with E-state index in [0.717, 1.165) is 0 Å². The third-order valence-corrected chi connectivity index (χ3v) is 1.10. The molecule has 0 radical (unpaired) electrons. The van der Waals surface area contributed by atoms with Crippen molar-refractivity contribution in [2.75, 3.05) is 6.61 Å². The molecule has 0 aromatic rings. The lowest BCUT2D eigenvalue weighted by molar-refractivity contribution is -0.402. The zero-order valence-corrected chi connectivity index (χ0v) is 6.59. The van der Waals surface area contributed by atoms with E-state index in [9.17, 15) is 39.5 Å². The standard InChI is InChI=1S/C5H3F9O/c6-2(7)3(8,9)1-15-5(13,14)4(10,11)12/h2H,1H2. The van der Waals surface area contributed by atoms with Crippen molar-refractivity contribution in [3.8, 4) is 0 Å². The maximum atomic E-state index is 11.9. The van der Waals surface area contributed by atoms with Gasteiger partial charge in [-0.25, -0.2) is 8.78 Å². The van der Waals surface area contributed by atoms with Gasteiger partial charge >= 0.3 is 24.6 Å². The molecule has 0 atom stereocenters. The summed E-state index contributed by atoms with van der Waals surface area (Å²) in [5.74, 6) is -5.06. The van der Waals surface area contributed by atoms with Crippen molar-refractivity contribution in [3.05, 3.63) is 0 Å². The predicted molar refractivity (Wildman–Crippen MR) is 27.9 cm³/mol. The van der Waals surface area contributed by atoms with E-state index >= 15 is 0 Å². The molecule has 92 valence electrons. The Balaban J connectivity index is 4.40. The summed E-state index contributed by atoms with van der Waals surface area (Å²) in [6, 6.07) is 0. The number of hydrogen-bond acceptors (Lipinski definition) is 1. The fourth-order valence-electron chi connectivity index (χ4n) is 0.332. The summed E-state index contributed by atoms with van der Waals surface area (Å²) >= 11 is 0. The lowest BCUT2D eigenvalue weighted by Crippen LogP contribution is -2.44. The average Bonchev–Trinajstić information content (AvgIpc) is 1.99. The summed E-state index contributed by atoms with van der Waals surface area (Å²) in [5.41, 5.74) is 0. The van der Waals surface area contributed by atoms with Crippen LogP contribution in [0, 0.1) is 0 Å². The SMILES string of the molecule is FC(F)C(F)(F)COC(F)(F)C(F)(F)F. The van der Waals surface area contributed by atoms with Crippen LogP contribution in [0.1, 0.15) is 0 Å². The van der Waals surface area contributed by atoms with Gasteiger partial charge in [0, 0.05) is 0 Å². The van der Waals surface area contributed by atoms with Crippen molar-refractivity contribution in [1.29, 1.82) is 0 Å². The maximum absolute atomic E-state index is 11.9. The van der Waals surface area contributed by atoms with Crippen LogP contribution < -0.4 is 0 Å². The molecule has 0 saturated carbocycles. The molecule has 0 heterocycles. The van der Waals surface area contributed by atoms with Crippen LogP contribution in [0.4, 0.5) is 39.5 Å². The third kappa shape index (κ3) is 3.76. The van der Waals surface area contributed by atoms with Crippen molar-refractivity contribution in [2.24, 2.45) is 0 Å². The van der Waals surface area contributed by atoms with E-state index in [-0.39, 0.29) is 0 Å². The average molecular weight is 250 g/mol. The zero-order chi connectivity index (χ0) is 12.5. The van der Waals surface area contributed by atoms with Crippen molar-refractivity contribution in [3.63, 3.8) is 0 Å². The van der Waals surface area contributed by atoms with E-state index in [1.165, 1.54) is 0 Å². The normalized spacial score (nSPS) is 14.8. The maximum Gasteiger partial charge on any atom is 0.482 e. The molecule has 0 aromatic carbocycles. The van der Waals surface area contributed by atoms with Gasteiger partial charge in [0.05, 0.1) is 0 Å². The Morgan fingerprint density at radius 2 is 1.27 bits per heavy atom. The van der Waals surface area contributed by atoms with Crippen molar-refractivity contribution in [2.45, 2.75) is 24.6 Å². The summed E-state index contributed by atoms with van der Waals surface area (Å²) < 4.78 is 106. The fraction of sp³-hybridized carbons (Fsp3) is 1.00. The third-order valence-electron chi connectivity index (χ3n) is 1.10. The van der Waals surface area contributed by atoms with E-state index in [4.69, 9.17) is 0 Å². The second-order valence-corrected chi connectivity index (χ2v) is 2.36. The van der Waals surface area contributed by atoms with Crippen LogP contribution in [0.5, 0.6) is 0 Å². The van der Waals surface area contributed by atoms with Gasteiger partial charge in [0.15, 0.2) is 0 Å². The van der Waals surface area contributed by atoms with Gasteiger partial charge in [0.2, 0.25) is 0 Å². The Hall–Kier alpha value is -0.670. The molecule has 0 amide bonds. The highest BCUT2D eigenvalue weighted by Gasteiger charge is 2.61. The van der Waals surface area contributed by atoms with Crippen molar-refractivity contribution < 1.29 is 44.3 Å². The highest BCUT2D eigenvalue weighted by Crippen LogP contribution is 2.37. The molecular weight excluding hydrogens is 247 g/mol. The van der Waals surface area contributed by atoms with Crippen molar-refractivity contribution in [1.82, 2.24) is 0 Å². The van der Waals surface area contributed by atoms with E-state index in [0.29, 0.717) is 0 Å². The molecule has 0 N–H and O–H groups in total. The van der Waals surface area contributed by atoms with Gasteiger partial charge in [-0.2, -0.15) is 30.7 Å². The predicted octanol–water partition coefficient (Wildman–Crippen LogP) is 3.06. The molecule has 0 aliphatic rings. The van der Waals surface area contributed by atoms with Crippen LogP contribution in [-0.4, -0.2) is 31.2 Å². The van der Waals surface area contributed by atoms with Gasteiger partial charge in [-0.05, 0) is 0 Å². The number of hydrogen-bond donors (Lipinski definition) is 0. The molecule has 0 unspecified atom stereocenters. The molecule has 0 aromatic heterocycles. The summed E-state index contributed by atoms with van der Waals surface area (Å²) in [6.07, 6.45) is -16.5. The first-order valence-corrected chi connectivity index (χ1v) is 3.14. The molecule has 0 spiro atoms. The highest BCUT2D eigenvalue weighted by atomic mass is 19.4. The quantitative estimate of drug-likeness (QED) is 0.697. The topological polar surface area (TPSA) is 9.23 Å². The number of ether oxygens (including phenoxy) is 1. The molecule has 10 heteroatoms. The first kappa shape index (κ1) is 14.3. The zero-order valence-electron chi connectivity index (χ0n) is 6.59. The van der Waals surface area contributed by atoms with Gasteiger partial charge in [-0.1, -0.05) is 0 Å². The van der Waals surface area contributed by atoms with E-state index in [1.807, 2.05) is 0 Å². The first-order valence-electron chi connectivity index (χ1n) is 3.14. The number of rotatable bonds is 4. The van der Waals surface area contributed by atoms with E-state index < -0.39 is 31.2 Å². The van der Waals surface area contributed by atoms with Gasteiger partial charge < -0.3 is 4.74 Å². The van der Waals surface area contributed by atoms with Gasteiger partial charge in [-0.15, -0.1) is 0 Å². The van der Waals surface area contributed by atoms with Crippen LogP contribution in [-0.2, 0) is 4.74 Å². The van der Waals surface area contributed by atoms with E-state index in [2.05, 4.69) is 4.74 Å². The minimum Gasteiger partial charge on any atom is -0.307 e. The Morgan fingerprint density at radius 3 is 1.53 bits per heavy atom. The molecule has 15 heavy (non-hydrogen) atoms. The minimum atomic E-state index is -6.23. The molecule has 0 rings (SSSR count). The van der Waals surface area contributed by atoms with Crippen LogP contribution in [0.25, 0.3) is 0 Å². The second-order valence-electron chi connectivity index (χ2n) is 2.36. The molecular formula is C5H3F9O. The summed E-state index contributed by atoms with van der Waals surface area (Å²) in [6.45, 7) is -2.73. The van der Waals surface area contributed by atoms with Gasteiger partial charge in [-0.3, -0.25) is 0 Å². The molecule has 0 saturated heterocycles. The minimum absolute atomic E-state index is 2.43. The highest BCUT2D eigenvalue weighted by molar-refractivity contribution is 4.71. The van der Waals surface area contributed by atoms with Crippen LogP contribution in [0.15, 0.2) is 0 Å². The lowest BCUT2D eigenvalue weighted by Gasteiger charge is -2.22. The number of alkyl halides is 9. The molecule has 0 aliphatic carbocycles. The fourth-order valence-corrected chi connectivity index (χ4v) is 0.332. The largest absolute Gasteiger partial charge is 0.482 e. The summed E-state index contributed by atoms with van der Waals surface area (Å²) in [7, 11) is 0. The lowest BCUT2D eigenvalue weighted by atomic mass is 10.4. The Labute approximate surface area is 76.8 Å². The van der Waals surface area contributed by atoms with Crippen molar-refractivity contribution >= 4 is 0 Å². The van der Waals surface area contributed by atoms with E-state index in [1.54, 1.807) is 0 Å². The summed E-state index contributed by atoms with van der Waals surface area (Å²) in [5, 5.41) is 0. The Bertz CT molecular complexity index is 207. The number of halogens is 9. The molecule has 0 fully saturated rings. The van der Waals surface area contributed by atoms with Crippen LogP contribution >= 0.6 is 0 Å². The van der Waals surface area contributed by atoms with Crippen LogP contribution in [0.3, 0.4) is 0 Å². The Morgan fingerprint density at radius 1 is 0.867 bits per heavy atom. The summed E-state index contributed by atoms with van der Waals surface area (Å²) in [4.78, 5) is 0.